The van der Waals surface area contributed by atoms with Crippen LogP contribution in [0.4, 0.5) is 0 Å². The number of hydrogen-bond acceptors (Lipinski definition) is 2. The molecule has 0 aromatic carbocycles. The first-order valence-electron chi connectivity index (χ1n) is 6.43. The Morgan fingerprint density at radius 1 is 1.28 bits per heavy atom. The van der Waals surface area contributed by atoms with Crippen LogP contribution in [0.1, 0.15) is 26.0 Å². The quantitative estimate of drug-likeness (QED) is 0.792. The summed E-state index contributed by atoms with van der Waals surface area (Å²) in [7, 11) is 0. The van der Waals surface area contributed by atoms with Crippen molar-refractivity contribution in [1.82, 2.24) is 4.98 Å². The predicted molar refractivity (Wildman–Crippen MR) is 71.7 cm³/mol. The minimum atomic E-state index is 0.135. The molecule has 1 heterocycles. The first-order valence-corrected chi connectivity index (χ1v) is 6.43. The molecule has 3 aliphatic rings. The lowest BCUT2D eigenvalue weighted by atomic mass is 9.48. The molecule has 92 valence electrons. The van der Waals surface area contributed by atoms with Gasteiger partial charge in [0.15, 0.2) is 5.78 Å². The van der Waals surface area contributed by atoms with Gasteiger partial charge in [0.1, 0.15) is 0 Å². The maximum absolute atomic E-state index is 11.9. The molecule has 2 atom stereocenters. The Bertz CT molecular complexity index is 539. The summed E-state index contributed by atoms with van der Waals surface area (Å²) < 4.78 is 0. The largest absolute Gasteiger partial charge is 0.295 e. The second-order valence-corrected chi connectivity index (χ2v) is 5.80. The van der Waals surface area contributed by atoms with Gasteiger partial charge in [-0.15, -0.1) is 0 Å². The number of nitrogens with zero attached hydrogens (tertiary/aromatic N) is 1. The van der Waals surface area contributed by atoms with Gasteiger partial charge in [-0.25, -0.2) is 0 Å². The van der Waals surface area contributed by atoms with Crippen molar-refractivity contribution in [2.24, 2.45) is 17.3 Å². The van der Waals surface area contributed by atoms with Crippen LogP contribution in [-0.2, 0) is 4.79 Å². The summed E-state index contributed by atoms with van der Waals surface area (Å²) in [6, 6.07) is 5.84. The van der Waals surface area contributed by atoms with Crippen LogP contribution in [-0.4, -0.2) is 10.8 Å². The molecule has 2 bridgehead atoms. The lowest BCUT2D eigenvalue weighted by molar-refractivity contribution is -0.133. The number of fused-ring (bicyclic) bond motifs is 1. The fourth-order valence-corrected chi connectivity index (χ4v) is 3.16. The molecule has 3 aliphatic carbocycles. The standard InChI is InChI=1S/C16H17NO/c1-16(2)13-10-14(16)15(18)9-11(13)6-7-12-5-3-4-8-17-12/h3-9,13-14H,10H2,1-2H3/b7-6+. The van der Waals surface area contributed by atoms with Gasteiger partial charge < -0.3 is 0 Å². The SMILES string of the molecule is CC1(C)C2CC1C(/C=C/c1ccccn1)=CC2=O. The van der Waals surface area contributed by atoms with Gasteiger partial charge in [-0.1, -0.05) is 26.0 Å². The Balaban J connectivity index is 1.86. The Kier molecular flexibility index (Phi) is 2.47. The van der Waals surface area contributed by atoms with Crippen LogP contribution in [0.5, 0.6) is 0 Å². The first kappa shape index (κ1) is 11.4. The minimum absolute atomic E-state index is 0.135. The van der Waals surface area contributed by atoms with Crippen molar-refractivity contribution in [3.63, 3.8) is 0 Å². The second-order valence-electron chi connectivity index (χ2n) is 5.80. The number of allylic oxidation sites excluding steroid dienone is 3. The van der Waals surface area contributed by atoms with E-state index in [9.17, 15) is 4.79 Å². The van der Waals surface area contributed by atoms with Crippen molar-refractivity contribution >= 4 is 11.9 Å². The summed E-state index contributed by atoms with van der Waals surface area (Å²) in [5.74, 6) is 1.07. The van der Waals surface area contributed by atoms with E-state index in [4.69, 9.17) is 0 Å². The van der Waals surface area contributed by atoms with Gasteiger partial charge in [0.25, 0.3) is 0 Å². The van der Waals surface area contributed by atoms with Crippen LogP contribution in [0.25, 0.3) is 6.08 Å². The Hall–Kier alpha value is -1.70. The van der Waals surface area contributed by atoms with E-state index in [2.05, 4.69) is 24.9 Å². The molecular weight excluding hydrogens is 222 g/mol. The Morgan fingerprint density at radius 2 is 2.11 bits per heavy atom. The minimum Gasteiger partial charge on any atom is -0.295 e. The molecule has 0 spiro atoms. The molecular formula is C16H17NO. The molecule has 1 saturated carbocycles. The Labute approximate surface area is 107 Å². The molecule has 18 heavy (non-hydrogen) atoms. The highest BCUT2D eigenvalue weighted by Gasteiger charge is 2.54. The summed E-state index contributed by atoms with van der Waals surface area (Å²) in [5.41, 5.74) is 2.23. The number of aromatic nitrogens is 1. The topological polar surface area (TPSA) is 30.0 Å². The second kappa shape index (κ2) is 3.91. The van der Waals surface area contributed by atoms with Gasteiger partial charge in [-0.2, -0.15) is 0 Å². The van der Waals surface area contributed by atoms with Crippen LogP contribution < -0.4 is 0 Å². The maximum atomic E-state index is 11.9. The van der Waals surface area contributed by atoms with E-state index in [0.717, 1.165) is 17.7 Å². The molecule has 2 heteroatoms. The van der Waals surface area contributed by atoms with E-state index in [0.29, 0.717) is 11.7 Å². The van der Waals surface area contributed by atoms with Crippen LogP contribution in [0.2, 0.25) is 0 Å². The van der Waals surface area contributed by atoms with Gasteiger partial charge in [0, 0.05) is 12.1 Å². The molecule has 0 saturated heterocycles. The highest BCUT2D eigenvalue weighted by Crippen LogP contribution is 2.58. The first-order chi connectivity index (χ1) is 8.59. The molecule has 2 unspecified atom stereocenters. The summed E-state index contributed by atoms with van der Waals surface area (Å²) in [6.07, 6.45) is 8.67. The molecule has 4 rings (SSSR count). The van der Waals surface area contributed by atoms with Crippen LogP contribution in [0, 0.1) is 17.3 Å². The predicted octanol–water partition coefficient (Wildman–Crippen LogP) is 3.27. The summed E-state index contributed by atoms with van der Waals surface area (Å²) in [6.45, 7) is 4.40. The molecule has 0 radical (unpaired) electrons. The zero-order valence-electron chi connectivity index (χ0n) is 10.8. The van der Waals surface area contributed by atoms with Crippen LogP contribution in [0.3, 0.4) is 0 Å². The van der Waals surface area contributed by atoms with E-state index in [-0.39, 0.29) is 11.3 Å². The molecule has 1 aromatic heterocycles. The van der Waals surface area contributed by atoms with Crippen molar-refractivity contribution in [3.8, 4) is 0 Å². The number of rotatable bonds is 2. The number of carbonyl (C=O) groups is 1. The van der Waals surface area contributed by atoms with Gasteiger partial charge in [-0.3, -0.25) is 9.78 Å². The third-order valence-corrected chi connectivity index (χ3v) is 4.46. The van der Waals surface area contributed by atoms with Crippen LogP contribution >= 0.6 is 0 Å². The van der Waals surface area contributed by atoms with E-state index < -0.39 is 0 Å². The molecule has 1 aromatic rings. The normalized spacial score (nSPS) is 29.0. The fourth-order valence-electron chi connectivity index (χ4n) is 3.16. The highest BCUT2D eigenvalue weighted by atomic mass is 16.1. The van der Waals surface area contributed by atoms with Crippen molar-refractivity contribution in [2.45, 2.75) is 20.3 Å². The van der Waals surface area contributed by atoms with E-state index >= 15 is 0 Å². The molecule has 0 amide bonds. The summed E-state index contributed by atoms with van der Waals surface area (Å²) >= 11 is 0. The van der Waals surface area contributed by atoms with E-state index in [1.54, 1.807) is 6.20 Å². The van der Waals surface area contributed by atoms with Crippen molar-refractivity contribution in [2.75, 3.05) is 0 Å². The van der Waals surface area contributed by atoms with Crippen molar-refractivity contribution < 1.29 is 4.79 Å². The third kappa shape index (κ3) is 1.64. The number of hydrogen-bond donors (Lipinski definition) is 0. The van der Waals surface area contributed by atoms with Gasteiger partial charge in [0.2, 0.25) is 0 Å². The Morgan fingerprint density at radius 3 is 2.72 bits per heavy atom. The molecule has 1 fully saturated rings. The van der Waals surface area contributed by atoms with E-state index in [1.807, 2.05) is 30.4 Å². The molecule has 0 N–H and O–H groups in total. The van der Waals surface area contributed by atoms with Crippen molar-refractivity contribution in [1.29, 1.82) is 0 Å². The average molecular weight is 239 g/mol. The lowest BCUT2D eigenvalue weighted by Crippen LogP contribution is -2.52. The smallest absolute Gasteiger partial charge is 0.159 e. The van der Waals surface area contributed by atoms with E-state index in [1.165, 1.54) is 0 Å². The van der Waals surface area contributed by atoms with Gasteiger partial charge in [-0.05, 0) is 47.6 Å². The number of ketones is 1. The zero-order chi connectivity index (χ0) is 12.8. The van der Waals surface area contributed by atoms with Gasteiger partial charge >= 0.3 is 0 Å². The highest BCUT2D eigenvalue weighted by molar-refractivity contribution is 5.96. The monoisotopic (exact) mass is 239 g/mol. The molecule has 0 aliphatic heterocycles. The summed E-state index contributed by atoms with van der Waals surface area (Å²) in [4.78, 5) is 16.2. The maximum Gasteiger partial charge on any atom is 0.159 e. The zero-order valence-corrected chi connectivity index (χ0v) is 10.8. The number of carbonyl (C=O) groups excluding carboxylic acids is 1. The lowest BCUT2D eigenvalue weighted by Gasteiger charge is -2.54. The van der Waals surface area contributed by atoms with Crippen LogP contribution in [0.15, 0.2) is 42.1 Å². The van der Waals surface area contributed by atoms with Crippen molar-refractivity contribution in [3.05, 3.63) is 47.8 Å². The average Bonchev–Trinajstić information content (AvgIpc) is 2.36. The third-order valence-electron chi connectivity index (χ3n) is 4.46. The number of pyridine rings is 1. The fraction of sp³-hybridized carbons (Fsp3) is 0.375. The molecule has 2 nitrogen and oxygen atoms in total. The summed E-state index contributed by atoms with van der Waals surface area (Å²) in [5, 5.41) is 0. The van der Waals surface area contributed by atoms with Gasteiger partial charge in [0.05, 0.1) is 5.69 Å².